The predicted octanol–water partition coefficient (Wildman–Crippen LogP) is 12.5. The molecule has 0 amide bonds. The molecule has 0 aromatic rings. The van der Waals surface area contributed by atoms with E-state index in [-0.39, 0.29) is 256 Å². The minimum atomic E-state index is -0.800. The Morgan fingerprint density at radius 3 is 1.12 bits per heavy atom. The van der Waals surface area contributed by atoms with Crippen molar-refractivity contribution in [1.82, 2.24) is 0 Å². The summed E-state index contributed by atoms with van der Waals surface area (Å²) in [6, 6.07) is 0. The molecule has 21 atom stereocenters. The average molecular weight is 2360 g/mol. The fourth-order valence-electron chi connectivity index (χ4n) is 17.8. The van der Waals surface area contributed by atoms with Crippen molar-refractivity contribution < 1.29 is 234 Å². The molecule has 12 saturated heterocycles. The van der Waals surface area contributed by atoms with Crippen molar-refractivity contribution >= 4 is 24.2 Å². The van der Waals surface area contributed by atoms with Crippen LogP contribution < -0.4 is 0 Å². The number of aliphatic hydroxyl groups is 2. The molecule has 0 aromatic heterocycles. The molecule has 27 heteroatoms. The Kier molecular flexibility index (Phi) is 43.0. The van der Waals surface area contributed by atoms with E-state index in [1.807, 2.05) is 68.9 Å². The van der Waals surface area contributed by atoms with Crippen molar-refractivity contribution in [2.75, 3.05) is 33.0 Å². The fourth-order valence-corrected chi connectivity index (χ4v) is 17.8. The van der Waals surface area contributed by atoms with Crippen molar-refractivity contribution in [2.24, 2.45) is 41.4 Å². The number of hydrogen-bond acceptors (Lipinski definition) is 23. The van der Waals surface area contributed by atoms with Gasteiger partial charge in [0.05, 0.1) is 60.0 Å². The Morgan fingerprint density at radius 1 is 0.408 bits per heavy atom. The van der Waals surface area contributed by atoms with Crippen molar-refractivity contribution in [1.29, 1.82) is 0 Å². The second-order valence-electron chi connectivity index (χ2n) is 29.4. The number of fused-ring (bicyclic) bond motifs is 8. The SMILES string of the molecule is CC[C@@]12CO[C@@H]([CH-]O1)[C@@H]2C=O.CC[C@@]12CO[C@@H]([CH-]O1)[C@@H]2CO.CC[C@H]1[C@@H](OC(C)=O)C(OC(C)=O)OC1(CC)CC.CC[C@H]1[C@@H](OC(C)=O)[CH-]OC1(CC)CC.CC[C@H]1[C@@H]2[CH-]O[C@@]1(CC)CO2.CC[C@H]1[C@H]2OC(C)(C)O[C@H]2OC1(CC)CC.CC[C@H]1[C@H]2OC(C)(C)O[C@H]2O[C@@]1(CC)CO.[U].[U].[U].[U]. The van der Waals surface area contributed by atoms with Crippen LogP contribution in [0.2, 0.25) is 0 Å². The average Bonchev–Trinajstić information content (AvgIpc) is 1.59. The van der Waals surface area contributed by atoms with E-state index in [9.17, 15) is 24.3 Å². The molecule has 2 N–H and O–H groups in total. The quantitative estimate of drug-likeness (QED) is 0.0468. The van der Waals surface area contributed by atoms with E-state index in [0.717, 1.165) is 109 Å². The zero-order valence-corrected chi connectivity index (χ0v) is 83.0. The molecule has 592 valence electrons. The third kappa shape index (κ3) is 22.2. The molecular formula is C76H130O23U4-4. The Labute approximate surface area is 713 Å². The topological polar surface area (TPSA) is 266 Å². The van der Waals surface area contributed by atoms with Crippen molar-refractivity contribution in [3.05, 3.63) is 26.4 Å². The van der Waals surface area contributed by atoms with Gasteiger partial charge in [-0.15, -0.1) is 0 Å². The van der Waals surface area contributed by atoms with E-state index in [1.54, 1.807) is 19.8 Å². The monoisotopic (exact) mass is 2360 g/mol. The first kappa shape index (κ1) is 101. The minimum absolute atomic E-state index is 0. The maximum atomic E-state index is 11.3. The minimum Gasteiger partial charge on any atom is -0.544 e. The molecule has 0 spiro atoms. The van der Waals surface area contributed by atoms with Gasteiger partial charge in [0.25, 0.3) is 5.97 Å². The second kappa shape index (κ2) is 43.9. The molecule has 12 aliphatic rings. The molecule has 0 saturated carbocycles. The molecule has 12 aliphatic heterocycles. The molecule has 0 aromatic carbocycles. The third-order valence-corrected chi connectivity index (χ3v) is 23.9. The van der Waals surface area contributed by atoms with Gasteiger partial charge in [0.2, 0.25) is 6.29 Å². The fraction of sp³-hybridized carbons (Fsp3) is 0.895. The first-order valence-corrected chi connectivity index (χ1v) is 37.7. The molecule has 1 unspecified atom stereocenters. The first-order valence-electron chi connectivity index (χ1n) is 37.7. The summed E-state index contributed by atoms with van der Waals surface area (Å²) < 4.78 is 95.8. The van der Waals surface area contributed by atoms with Gasteiger partial charge in [-0.3, -0.25) is 14.4 Å². The zero-order chi connectivity index (χ0) is 73.7. The maximum Gasteiger partial charge on any atom is 0.305 e. The molecule has 6 bridgehead atoms. The number of rotatable bonds is 21. The Hall–Kier alpha value is 1.65. The van der Waals surface area contributed by atoms with Gasteiger partial charge in [0, 0.05) is 193 Å². The standard InChI is InChI=1S/C14H24O5.C13H24O3.C12H22O4.C12H21O3.C9H15O2.C8H13O3.C8H11O3.4U/c1-6-11-12(17-9(4)15)13(18-10(5)16)19-14(11,7-2)8-3;1-6-9-10-11(15-12(4,5)14-10)16-13(9,7-2)8-3;1-5-8-9-10(15-11(3,4)14-9)16-12(8,6-2)7-13;1-5-10-11(15-9(4)13)8-14-12(10,6-2)7-3;1-3-7-8-5-11-9(7,4-2)6-10-8;2*1-2-8-5-10-7(4-11-8)6(8)3-9;;;;/h11-13H,6-8H2,1-5H3;9-11H,6-8H2,1-5H3;8-10,13H,5-7H2,1-4H3;8,10-11H,5-7H2,1-4H3;5,7-8H,3-4,6H2,1-2H3;4,6-7,9H,2-3,5H2,1H3;3-4,6-7H,2,5H2,1H3;;;;/q;;;4*-1;;;;/t11-,12+,13?;9-,10+,11-;8-,9+,10-,12-;10-,11-;7-,8-,9-;2*6-,7-,8-;;;;/m0000000..../s1. The summed E-state index contributed by atoms with van der Waals surface area (Å²) in [6.45, 7) is 52.6. The number of esters is 3. The number of ether oxygens (including phenoxy) is 17. The van der Waals surface area contributed by atoms with Crippen LogP contribution >= 0.6 is 0 Å². The van der Waals surface area contributed by atoms with Gasteiger partial charge in [-0.1, -0.05) is 110 Å². The molecule has 12 heterocycles. The molecule has 12 rings (SSSR count). The Balaban J connectivity index is 0.000000409. The van der Waals surface area contributed by atoms with Gasteiger partial charge in [-0.2, -0.15) is 26.4 Å². The number of carbonyl (C=O) groups excluding carboxylic acids is 4. The summed E-state index contributed by atoms with van der Waals surface area (Å²) in [6.07, 6.45) is 13.3. The van der Waals surface area contributed by atoms with Gasteiger partial charge in [0.15, 0.2) is 30.3 Å². The molecule has 0 aliphatic carbocycles. The first-order chi connectivity index (χ1) is 46.9. The molecule has 0 radical (unpaired) electrons. The normalized spacial score (nSPS) is 38.4. The molecule has 23 nitrogen and oxygen atoms in total. The molecule has 12 fully saturated rings. The number of aliphatic hydroxyl groups excluding tert-OH is 2. The summed E-state index contributed by atoms with van der Waals surface area (Å²) in [5.41, 5.74) is -1.55. The van der Waals surface area contributed by atoms with E-state index in [4.69, 9.17) is 85.6 Å². The van der Waals surface area contributed by atoms with Crippen LogP contribution in [0.3, 0.4) is 0 Å². The Morgan fingerprint density at radius 2 is 0.786 bits per heavy atom. The summed E-state index contributed by atoms with van der Waals surface area (Å²) in [5.74, 6) is -0.439. The maximum absolute atomic E-state index is 11.3. The van der Waals surface area contributed by atoms with Crippen LogP contribution in [0.4, 0.5) is 0 Å². The van der Waals surface area contributed by atoms with Gasteiger partial charge >= 0.3 is 11.9 Å². The second-order valence-corrected chi connectivity index (χ2v) is 29.4. The zero-order valence-electron chi connectivity index (χ0n) is 66.3. The van der Waals surface area contributed by atoms with Crippen LogP contribution in [0.25, 0.3) is 0 Å². The number of hydrogen-bond donors (Lipinski definition) is 2. The van der Waals surface area contributed by atoms with Crippen LogP contribution in [0, 0.1) is 192 Å². The van der Waals surface area contributed by atoms with Gasteiger partial charge in [0.1, 0.15) is 18.5 Å². The van der Waals surface area contributed by atoms with Gasteiger partial charge in [-0.05, 0) is 148 Å². The van der Waals surface area contributed by atoms with E-state index in [0.29, 0.717) is 25.0 Å². The van der Waals surface area contributed by atoms with E-state index in [1.165, 1.54) is 20.8 Å². The summed E-state index contributed by atoms with van der Waals surface area (Å²) >= 11 is 0. The van der Waals surface area contributed by atoms with Crippen molar-refractivity contribution in [2.45, 2.75) is 361 Å². The largest absolute Gasteiger partial charge is 0.544 e. The molecular weight excluding hydrogens is 2230 g/mol. The van der Waals surface area contributed by atoms with Gasteiger partial charge in [-0.25, -0.2) is 0 Å². The van der Waals surface area contributed by atoms with Gasteiger partial charge < -0.3 is 95.5 Å². The van der Waals surface area contributed by atoms with E-state index in [2.05, 4.69) is 69.2 Å². The van der Waals surface area contributed by atoms with Crippen LogP contribution in [0.15, 0.2) is 0 Å². The van der Waals surface area contributed by atoms with E-state index < -0.39 is 41.1 Å². The van der Waals surface area contributed by atoms with Crippen molar-refractivity contribution in [3.8, 4) is 0 Å². The number of aldehydes is 1. The predicted molar refractivity (Wildman–Crippen MR) is 366 cm³/mol. The smallest absolute Gasteiger partial charge is 0.305 e. The summed E-state index contributed by atoms with van der Waals surface area (Å²) in [4.78, 5) is 44.0. The number of carbonyl (C=O) groups is 4. The van der Waals surface area contributed by atoms with Crippen molar-refractivity contribution in [3.63, 3.8) is 0 Å². The summed E-state index contributed by atoms with van der Waals surface area (Å²) in [7, 11) is 0. The van der Waals surface area contributed by atoms with Crippen LogP contribution in [-0.4, -0.2) is 180 Å². The van der Waals surface area contributed by atoms with Crippen LogP contribution in [-0.2, 0) is 99.7 Å². The van der Waals surface area contributed by atoms with Crippen LogP contribution in [0.5, 0.6) is 0 Å². The molecule has 103 heavy (non-hydrogen) atoms. The Bertz CT molecular complexity index is 2400. The van der Waals surface area contributed by atoms with Crippen LogP contribution in [0.1, 0.15) is 249 Å². The summed E-state index contributed by atoms with van der Waals surface area (Å²) in [5, 5.41) is 18.6. The van der Waals surface area contributed by atoms with E-state index >= 15 is 0 Å². The third-order valence-electron chi connectivity index (χ3n) is 23.9.